The van der Waals surface area contributed by atoms with E-state index in [0.717, 1.165) is 35.1 Å². The minimum atomic E-state index is -1.13. The first kappa shape index (κ1) is 28.0. The molecule has 0 aliphatic carbocycles. The van der Waals surface area contributed by atoms with Crippen LogP contribution in [0.25, 0.3) is 11.1 Å². The maximum Gasteiger partial charge on any atom is 1.00 e. The van der Waals surface area contributed by atoms with E-state index in [-0.39, 0.29) is 48.8 Å². The second kappa shape index (κ2) is 14.2. The fraction of sp³-hybridized carbons (Fsp3) is 0.250. The van der Waals surface area contributed by atoms with Crippen molar-refractivity contribution in [3.63, 3.8) is 0 Å². The topological polar surface area (TPSA) is 98.7 Å². The molecule has 4 rings (SSSR count). The molecule has 2 aliphatic heterocycles. The average molecular weight is 420 g/mol. The Morgan fingerprint density at radius 2 is 1.09 bits per heavy atom. The van der Waals surface area contributed by atoms with Gasteiger partial charge in [-0.2, -0.15) is 0 Å². The molecule has 0 amide bonds. The molecule has 2 aliphatic rings. The molecule has 0 fully saturated rings. The van der Waals surface area contributed by atoms with E-state index >= 15 is 0 Å². The molecule has 2 heterocycles. The Morgan fingerprint density at radius 3 is 1.41 bits per heavy atom. The second-order valence-electron chi connectivity index (χ2n) is 6.85. The molecule has 0 atom stereocenters. The SMILES string of the molecule is O=C([O-])c1cccc(C2=CCOCC2)c1.O=C([O-])c1cccc(C2=CCOCC2)c1.[Li+].[Li+]. The zero-order valence-electron chi connectivity index (χ0n) is 18.5. The number of carboxylic acids is 2. The van der Waals surface area contributed by atoms with Gasteiger partial charge in [0.25, 0.3) is 0 Å². The number of carboxylic acid groups (broad SMARTS) is 2. The van der Waals surface area contributed by atoms with Crippen molar-refractivity contribution >= 4 is 23.1 Å². The molecule has 156 valence electrons. The minimum absolute atomic E-state index is 0. The zero-order valence-corrected chi connectivity index (χ0v) is 18.5. The molecule has 0 saturated carbocycles. The van der Waals surface area contributed by atoms with Gasteiger partial charge in [-0.25, -0.2) is 0 Å². The predicted molar refractivity (Wildman–Crippen MR) is 108 cm³/mol. The van der Waals surface area contributed by atoms with Crippen molar-refractivity contribution in [2.75, 3.05) is 26.4 Å². The Bertz CT molecular complexity index is 904. The van der Waals surface area contributed by atoms with Crippen molar-refractivity contribution in [1.29, 1.82) is 0 Å². The van der Waals surface area contributed by atoms with Gasteiger partial charge < -0.3 is 29.3 Å². The van der Waals surface area contributed by atoms with Crippen LogP contribution in [0.2, 0.25) is 0 Å². The summed E-state index contributed by atoms with van der Waals surface area (Å²) in [5.74, 6) is -2.27. The van der Waals surface area contributed by atoms with Crippen LogP contribution in [0.3, 0.4) is 0 Å². The van der Waals surface area contributed by atoms with E-state index in [2.05, 4.69) is 0 Å². The van der Waals surface area contributed by atoms with Crippen LogP contribution in [0.4, 0.5) is 0 Å². The van der Waals surface area contributed by atoms with Gasteiger partial charge in [0.1, 0.15) is 0 Å². The zero-order chi connectivity index (χ0) is 21.3. The van der Waals surface area contributed by atoms with Gasteiger partial charge in [-0.1, -0.05) is 48.6 Å². The molecule has 6 nitrogen and oxygen atoms in total. The summed E-state index contributed by atoms with van der Waals surface area (Å²) in [4.78, 5) is 21.4. The Hall–Kier alpha value is -2.03. The van der Waals surface area contributed by atoms with E-state index in [0.29, 0.717) is 26.4 Å². The third-order valence-corrected chi connectivity index (χ3v) is 4.86. The van der Waals surface area contributed by atoms with Crippen molar-refractivity contribution in [2.24, 2.45) is 0 Å². The first-order valence-corrected chi connectivity index (χ1v) is 9.71. The fourth-order valence-corrected chi connectivity index (χ4v) is 3.27. The first-order valence-electron chi connectivity index (χ1n) is 9.71. The van der Waals surface area contributed by atoms with Crippen LogP contribution in [-0.4, -0.2) is 38.4 Å². The number of hydrogen-bond acceptors (Lipinski definition) is 6. The van der Waals surface area contributed by atoms with Gasteiger partial charge in [-0.3, -0.25) is 0 Å². The van der Waals surface area contributed by atoms with Crippen LogP contribution in [0.15, 0.2) is 60.7 Å². The van der Waals surface area contributed by atoms with Crippen LogP contribution < -0.4 is 47.9 Å². The average Bonchev–Trinajstić information content (AvgIpc) is 2.81. The second-order valence-corrected chi connectivity index (χ2v) is 6.85. The molecule has 0 aromatic heterocycles. The van der Waals surface area contributed by atoms with E-state index in [1.807, 2.05) is 24.3 Å². The minimum Gasteiger partial charge on any atom is -0.545 e. The Morgan fingerprint density at radius 1 is 0.688 bits per heavy atom. The molecule has 32 heavy (non-hydrogen) atoms. The first-order chi connectivity index (χ1) is 14.5. The van der Waals surface area contributed by atoms with Gasteiger partial charge in [0.15, 0.2) is 0 Å². The Kier molecular flexibility index (Phi) is 12.4. The summed E-state index contributed by atoms with van der Waals surface area (Å²) in [6.07, 6.45) is 5.63. The van der Waals surface area contributed by atoms with Crippen LogP contribution >= 0.6 is 0 Å². The number of carbonyl (C=O) groups excluding carboxylic acids is 2. The molecule has 8 heteroatoms. The summed E-state index contributed by atoms with van der Waals surface area (Å²) in [7, 11) is 0. The summed E-state index contributed by atoms with van der Waals surface area (Å²) in [6.45, 7) is 2.60. The number of aromatic carboxylic acids is 2. The van der Waals surface area contributed by atoms with E-state index in [1.54, 1.807) is 36.4 Å². The molecule has 0 N–H and O–H groups in total. The number of benzene rings is 2. The number of hydrogen-bond donors (Lipinski definition) is 0. The predicted octanol–water partition coefficient (Wildman–Crippen LogP) is -4.28. The van der Waals surface area contributed by atoms with E-state index in [4.69, 9.17) is 9.47 Å². The van der Waals surface area contributed by atoms with E-state index in [9.17, 15) is 19.8 Å². The van der Waals surface area contributed by atoms with Crippen molar-refractivity contribution in [3.8, 4) is 0 Å². The molecule has 0 bridgehead atoms. The standard InChI is InChI=1S/2C12H12O3.2Li/c2*13-12(14)11-3-1-2-10(8-11)9-4-6-15-7-5-9;;/h2*1-4,8H,5-7H2,(H,13,14);;/q;;2*+1/p-2. The molecule has 2 aromatic carbocycles. The van der Waals surface area contributed by atoms with Gasteiger partial charge >= 0.3 is 37.7 Å². The summed E-state index contributed by atoms with van der Waals surface area (Å²) < 4.78 is 10.4. The quantitative estimate of drug-likeness (QED) is 0.465. The normalized spacial score (nSPS) is 14.9. The van der Waals surface area contributed by atoms with Gasteiger partial charge in [0, 0.05) is 0 Å². The molecular weight excluding hydrogens is 398 g/mol. The fourth-order valence-electron chi connectivity index (χ4n) is 3.27. The molecule has 0 unspecified atom stereocenters. The van der Waals surface area contributed by atoms with E-state index < -0.39 is 11.9 Å². The van der Waals surface area contributed by atoms with Crippen LogP contribution in [-0.2, 0) is 9.47 Å². The summed E-state index contributed by atoms with van der Waals surface area (Å²) >= 11 is 0. The monoisotopic (exact) mass is 420 g/mol. The molecular formula is C24H22Li2O6. The van der Waals surface area contributed by atoms with Crippen molar-refractivity contribution in [3.05, 3.63) is 82.9 Å². The van der Waals surface area contributed by atoms with Gasteiger partial charge in [-0.15, -0.1) is 0 Å². The third-order valence-electron chi connectivity index (χ3n) is 4.86. The van der Waals surface area contributed by atoms with Gasteiger partial charge in [-0.05, 0) is 58.4 Å². The summed E-state index contributed by atoms with van der Waals surface area (Å²) in [5.41, 5.74) is 4.62. The molecule has 0 saturated heterocycles. The summed E-state index contributed by atoms with van der Waals surface area (Å²) in [6, 6.07) is 13.6. The smallest absolute Gasteiger partial charge is 0.545 e. The van der Waals surface area contributed by atoms with Crippen molar-refractivity contribution in [2.45, 2.75) is 12.8 Å². The van der Waals surface area contributed by atoms with Crippen LogP contribution in [0.5, 0.6) is 0 Å². The van der Waals surface area contributed by atoms with Crippen LogP contribution in [0.1, 0.15) is 44.7 Å². The third kappa shape index (κ3) is 8.15. The summed E-state index contributed by atoms with van der Waals surface area (Å²) in [5, 5.41) is 21.4. The van der Waals surface area contributed by atoms with Gasteiger partial charge in [0.2, 0.25) is 0 Å². The Balaban J connectivity index is 0.000000301. The maximum absolute atomic E-state index is 10.7. The molecule has 0 radical (unpaired) electrons. The van der Waals surface area contributed by atoms with Crippen molar-refractivity contribution < 1.29 is 67.0 Å². The Labute approximate surface area is 211 Å². The van der Waals surface area contributed by atoms with Crippen molar-refractivity contribution in [1.82, 2.24) is 0 Å². The van der Waals surface area contributed by atoms with Gasteiger partial charge in [0.05, 0.1) is 38.4 Å². The number of carbonyl (C=O) groups is 2. The van der Waals surface area contributed by atoms with Crippen LogP contribution in [0, 0.1) is 0 Å². The van der Waals surface area contributed by atoms with E-state index in [1.165, 1.54) is 0 Å². The number of ether oxygens (including phenoxy) is 2. The molecule has 0 spiro atoms. The maximum atomic E-state index is 10.7. The molecule has 2 aromatic rings. The number of rotatable bonds is 4. The largest absolute Gasteiger partial charge is 1.00 e.